The number of hydrogen-bond acceptors (Lipinski definition) is 2. The van der Waals surface area contributed by atoms with Crippen molar-refractivity contribution in [1.82, 2.24) is 4.98 Å². The molecule has 17 heavy (non-hydrogen) atoms. The zero-order valence-electron chi connectivity index (χ0n) is 9.05. The van der Waals surface area contributed by atoms with Gasteiger partial charge in [-0.15, -0.1) is 11.3 Å². The lowest BCUT2D eigenvalue weighted by molar-refractivity contribution is 1.44. The van der Waals surface area contributed by atoms with Crippen LogP contribution in [0.4, 0.5) is 0 Å². The fraction of sp³-hybridized carbons (Fsp3) is 0. The van der Waals surface area contributed by atoms with Crippen LogP contribution < -0.4 is 0 Å². The standard InChI is InChI=1S/C15H9NS/c1-2-5-11-9-14-12(8-10(11)4-1)15-13(17-14)6-3-7-16-15/h1-9H. The molecule has 0 aliphatic carbocycles. The summed E-state index contributed by atoms with van der Waals surface area (Å²) in [5, 5.41) is 3.85. The Morgan fingerprint density at radius 2 is 1.65 bits per heavy atom. The van der Waals surface area contributed by atoms with Crippen molar-refractivity contribution in [2.75, 3.05) is 0 Å². The number of nitrogens with zero attached hydrogens (tertiary/aromatic N) is 1. The molecule has 0 radical (unpaired) electrons. The summed E-state index contributed by atoms with van der Waals surface area (Å²) in [5.74, 6) is 0. The molecule has 2 heteroatoms. The average Bonchev–Trinajstić information content (AvgIpc) is 2.73. The van der Waals surface area contributed by atoms with E-state index < -0.39 is 0 Å². The zero-order valence-corrected chi connectivity index (χ0v) is 9.87. The van der Waals surface area contributed by atoms with Crippen LogP contribution in [0, 0.1) is 0 Å². The summed E-state index contributed by atoms with van der Waals surface area (Å²) in [7, 11) is 0. The maximum absolute atomic E-state index is 4.49. The van der Waals surface area contributed by atoms with Crippen molar-refractivity contribution >= 4 is 42.4 Å². The molecule has 0 fully saturated rings. The van der Waals surface area contributed by atoms with E-state index in [-0.39, 0.29) is 0 Å². The highest BCUT2D eigenvalue weighted by atomic mass is 32.1. The molecule has 2 heterocycles. The van der Waals surface area contributed by atoms with Crippen LogP contribution in [0.25, 0.3) is 31.1 Å². The van der Waals surface area contributed by atoms with E-state index in [0.29, 0.717) is 0 Å². The van der Waals surface area contributed by atoms with E-state index >= 15 is 0 Å². The molecule has 0 saturated heterocycles. The van der Waals surface area contributed by atoms with Crippen molar-refractivity contribution in [2.24, 2.45) is 0 Å². The molecule has 2 aromatic carbocycles. The Kier molecular flexibility index (Phi) is 1.76. The predicted molar refractivity (Wildman–Crippen MR) is 74.6 cm³/mol. The summed E-state index contributed by atoms with van der Waals surface area (Å²) in [6.07, 6.45) is 1.86. The molecule has 4 aromatic rings. The third kappa shape index (κ3) is 1.28. The van der Waals surface area contributed by atoms with Gasteiger partial charge in [0.1, 0.15) is 0 Å². The first-order valence-electron chi connectivity index (χ1n) is 5.58. The van der Waals surface area contributed by atoms with Crippen LogP contribution in [0.3, 0.4) is 0 Å². The fourth-order valence-corrected chi connectivity index (χ4v) is 3.38. The molecule has 0 spiro atoms. The second-order valence-corrected chi connectivity index (χ2v) is 5.23. The largest absolute Gasteiger partial charge is 0.255 e. The second-order valence-electron chi connectivity index (χ2n) is 4.15. The van der Waals surface area contributed by atoms with Gasteiger partial charge < -0.3 is 0 Å². The molecule has 4 rings (SSSR count). The van der Waals surface area contributed by atoms with Crippen molar-refractivity contribution in [3.05, 3.63) is 54.7 Å². The van der Waals surface area contributed by atoms with Crippen LogP contribution in [0.5, 0.6) is 0 Å². The first-order valence-corrected chi connectivity index (χ1v) is 6.39. The SMILES string of the molecule is c1ccc2cc3c(cc2c1)sc1cccnc13. The Labute approximate surface area is 102 Å². The summed E-state index contributed by atoms with van der Waals surface area (Å²) in [5.41, 5.74) is 1.12. The van der Waals surface area contributed by atoms with Crippen molar-refractivity contribution in [2.45, 2.75) is 0 Å². The molecule has 0 bridgehead atoms. The summed E-state index contributed by atoms with van der Waals surface area (Å²) < 4.78 is 2.58. The van der Waals surface area contributed by atoms with Gasteiger partial charge >= 0.3 is 0 Å². The Balaban J connectivity index is 2.28. The van der Waals surface area contributed by atoms with Crippen LogP contribution in [0.15, 0.2) is 54.7 Å². The minimum absolute atomic E-state index is 1.12. The molecular weight excluding hydrogens is 226 g/mol. The van der Waals surface area contributed by atoms with Crippen LogP contribution in [-0.2, 0) is 0 Å². The normalized spacial score (nSPS) is 11.5. The van der Waals surface area contributed by atoms with E-state index in [1.165, 1.54) is 25.6 Å². The summed E-state index contributed by atoms with van der Waals surface area (Å²) in [4.78, 5) is 4.49. The smallest absolute Gasteiger partial charge is 0.0888 e. The van der Waals surface area contributed by atoms with Gasteiger partial charge in [-0.05, 0) is 35.0 Å². The highest BCUT2D eigenvalue weighted by molar-refractivity contribution is 7.25. The fourth-order valence-electron chi connectivity index (χ4n) is 2.28. The predicted octanol–water partition coefficient (Wildman–Crippen LogP) is 4.60. The molecule has 0 aliphatic heterocycles. The molecule has 2 aromatic heterocycles. The van der Waals surface area contributed by atoms with E-state index in [1.807, 2.05) is 23.6 Å². The number of thiophene rings is 1. The minimum Gasteiger partial charge on any atom is -0.255 e. The molecule has 0 saturated carbocycles. The Hall–Kier alpha value is -1.93. The number of rotatable bonds is 0. The van der Waals surface area contributed by atoms with Crippen molar-refractivity contribution in [3.8, 4) is 0 Å². The lowest BCUT2D eigenvalue weighted by atomic mass is 10.1. The Bertz CT molecular complexity index is 839. The van der Waals surface area contributed by atoms with Gasteiger partial charge in [0.15, 0.2) is 0 Å². The maximum atomic E-state index is 4.49. The van der Waals surface area contributed by atoms with Gasteiger partial charge in [-0.2, -0.15) is 0 Å². The van der Waals surface area contributed by atoms with E-state index in [0.717, 1.165) is 5.52 Å². The summed E-state index contributed by atoms with van der Waals surface area (Å²) in [6, 6.07) is 17.1. The van der Waals surface area contributed by atoms with Crippen LogP contribution in [0.1, 0.15) is 0 Å². The first kappa shape index (κ1) is 9.14. The number of pyridine rings is 1. The molecule has 0 amide bonds. The van der Waals surface area contributed by atoms with Crippen molar-refractivity contribution in [3.63, 3.8) is 0 Å². The molecule has 80 valence electrons. The van der Waals surface area contributed by atoms with Crippen LogP contribution in [0.2, 0.25) is 0 Å². The summed E-state index contributed by atoms with van der Waals surface area (Å²) >= 11 is 1.81. The Morgan fingerprint density at radius 1 is 0.824 bits per heavy atom. The minimum atomic E-state index is 1.12. The van der Waals surface area contributed by atoms with Crippen molar-refractivity contribution < 1.29 is 0 Å². The van der Waals surface area contributed by atoms with Crippen LogP contribution in [-0.4, -0.2) is 4.98 Å². The molecular formula is C15H9NS. The average molecular weight is 235 g/mol. The van der Waals surface area contributed by atoms with Gasteiger partial charge in [0.05, 0.1) is 10.2 Å². The highest BCUT2D eigenvalue weighted by Crippen LogP contribution is 2.34. The van der Waals surface area contributed by atoms with Gasteiger partial charge in [0.25, 0.3) is 0 Å². The highest BCUT2D eigenvalue weighted by Gasteiger charge is 2.06. The molecule has 0 N–H and O–H groups in total. The van der Waals surface area contributed by atoms with Crippen LogP contribution >= 0.6 is 11.3 Å². The van der Waals surface area contributed by atoms with Crippen molar-refractivity contribution in [1.29, 1.82) is 0 Å². The van der Waals surface area contributed by atoms with E-state index in [4.69, 9.17) is 0 Å². The second kappa shape index (κ2) is 3.28. The lowest BCUT2D eigenvalue weighted by Crippen LogP contribution is -1.73. The Morgan fingerprint density at radius 3 is 2.53 bits per heavy atom. The third-order valence-corrected chi connectivity index (χ3v) is 4.20. The van der Waals surface area contributed by atoms with Gasteiger partial charge in [0.2, 0.25) is 0 Å². The zero-order chi connectivity index (χ0) is 11.2. The quantitative estimate of drug-likeness (QED) is 0.434. The number of hydrogen-bond donors (Lipinski definition) is 0. The van der Waals surface area contributed by atoms with E-state index in [9.17, 15) is 0 Å². The molecule has 1 nitrogen and oxygen atoms in total. The molecule has 0 atom stereocenters. The monoisotopic (exact) mass is 235 g/mol. The third-order valence-electron chi connectivity index (χ3n) is 3.09. The van der Waals surface area contributed by atoms with E-state index in [1.54, 1.807) is 0 Å². The lowest BCUT2D eigenvalue weighted by Gasteiger charge is -1.97. The number of benzene rings is 2. The molecule has 0 aliphatic rings. The van der Waals surface area contributed by atoms with Gasteiger partial charge in [0, 0.05) is 16.3 Å². The van der Waals surface area contributed by atoms with E-state index in [2.05, 4.69) is 47.4 Å². The van der Waals surface area contributed by atoms with Gasteiger partial charge in [-0.1, -0.05) is 24.3 Å². The number of fused-ring (bicyclic) bond motifs is 4. The van der Waals surface area contributed by atoms with Gasteiger partial charge in [-0.3, -0.25) is 4.98 Å². The maximum Gasteiger partial charge on any atom is 0.0888 e. The first-order chi connectivity index (χ1) is 8.42. The topological polar surface area (TPSA) is 12.9 Å². The van der Waals surface area contributed by atoms with Gasteiger partial charge in [-0.25, -0.2) is 0 Å². The summed E-state index contributed by atoms with van der Waals surface area (Å²) in [6.45, 7) is 0. The molecule has 0 unspecified atom stereocenters. The number of aromatic nitrogens is 1.